The van der Waals surface area contributed by atoms with Crippen LogP contribution >= 0.6 is 11.3 Å². The van der Waals surface area contributed by atoms with Gasteiger partial charge in [-0.2, -0.15) is 0 Å². The Labute approximate surface area is 229 Å². The average molecular weight is 535 g/mol. The molecule has 0 radical (unpaired) electrons. The molecule has 8 heteroatoms. The maximum Gasteiger partial charge on any atom is 0.163 e. The fourth-order valence-electron chi connectivity index (χ4n) is 4.77. The number of hydrogen-bond donors (Lipinski definition) is 2. The van der Waals surface area contributed by atoms with Crippen molar-refractivity contribution in [2.75, 3.05) is 38.1 Å². The van der Waals surface area contributed by atoms with Crippen LogP contribution in [0.5, 0.6) is 11.5 Å². The fraction of sp³-hybridized carbons (Fsp3) is 0.400. The number of carbonyl (C=O) groups is 1. The number of aromatic hydroxyl groups is 1. The number of amidine groups is 1. The number of hydrogen-bond acceptors (Lipinski definition) is 7. The van der Waals surface area contributed by atoms with Crippen LogP contribution in [0.1, 0.15) is 40.5 Å². The first-order valence-electron chi connectivity index (χ1n) is 13.0. The number of thiophene rings is 1. The lowest BCUT2D eigenvalue weighted by Gasteiger charge is -2.34. The van der Waals surface area contributed by atoms with Crippen LogP contribution in [0.4, 0.5) is 11.4 Å². The van der Waals surface area contributed by atoms with Crippen LogP contribution in [0.3, 0.4) is 0 Å². The van der Waals surface area contributed by atoms with E-state index >= 15 is 0 Å². The highest BCUT2D eigenvalue weighted by Crippen LogP contribution is 2.42. The van der Waals surface area contributed by atoms with Crippen molar-refractivity contribution in [1.82, 2.24) is 4.90 Å². The summed E-state index contributed by atoms with van der Waals surface area (Å²) in [5.74, 6) is 1.70. The number of ether oxygens (including phenoxy) is 1. The molecule has 3 N–H and O–H groups in total. The van der Waals surface area contributed by atoms with E-state index in [0.717, 1.165) is 77.5 Å². The van der Waals surface area contributed by atoms with E-state index in [0.29, 0.717) is 18.0 Å². The predicted molar refractivity (Wildman–Crippen MR) is 157 cm³/mol. The Hall–Kier alpha value is -3.36. The summed E-state index contributed by atoms with van der Waals surface area (Å²) in [5, 5.41) is 12.0. The number of aldehydes is 1. The molecule has 1 fully saturated rings. The van der Waals surface area contributed by atoms with Gasteiger partial charge in [0.2, 0.25) is 0 Å². The van der Waals surface area contributed by atoms with Crippen molar-refractivity contribution < 1.29 is 14.6 Å². The van der Waals surface area contributed by atoms with Gasteiger partial charge in [0, 0.05) is 37.4 Å². The Morgan fingerprint density at radius 1 is 1.08 bits per heavy atom. The molecule has 38 heavy (non-hydrogen) atoms. The second-order valence-corrected chi connectivity index (χ2v) is 11.3. The molecule has 0 saturated carbocycles. The van der Waals surface area contributed by atoms with Crippen LogP contribution in [0, 0.1) is 20.8 Å². The number of fused-ring (bicyclic) bond motifs is 1. The van der Waals surface area contributed by atoms with Crippen molar-refractivity contribution in [1.29, 1.82) is 0 Å². The quantitative estimate of drug-likeness (QED) is 0.274. The first-order valence-corrected chi connectivity index (χ1v) is 13.9. The van der Waals surface area contributed by atoms with Crippen molar-refractivity contribution >= 4 is 34.8 Å². The van der Waals surface area contributed by atoms with E-state index in [9.17, 15) is 9.90 Å². The van der Waals surface area contributed by atoms with Gasteiger partial charge in [-0.05, 0) is 100.0 Å². The molecule has 2 aliphatic heterocycles. The molecule has 0 bridgehead atoms. The molecule has 1 saturated heterocycles. The van der Waals surface area contributed by atoms with E-state index < -0.39 is 5.60 Å². The number of likely N-dealkylation sites (N-methyl/N-ethyl adjacent to an activating group) is 1. The van der Waals surface area contributed by atoms with E-state index in [2.05, 4.69) is 34.0 Å². The number of nitrogens with zero attached hydrogens (tertiary/aromatic N) is 3. The van der Waals surface area contributed by atoms with Crippen LogP contribution in [0.15, 0.2) is 46.8 Å². The van der Waals surface area contributed by atoms with Crippen molar-refractivity contribution in [2.24, 2.45) is 10.7 Å². The molecule has 5 rings (SSSR count). The van der Waals surface area contributed by atoms with Crippen molar-refractivity contribution in [3.8, 4) is 11.5 Å². The minimum Gasteiger partial charge on any atom is -0.507 e. The summed E-state index contributed by atoms with van der Waals surface area (Å²) in [4.78, 5) is 21.3. The molecular formula is C30H38N4O3S. The number of rotatable bonds is 4. The monoisotopic (exact) mass is 534 g/mol. The van der Waals surface area contributed by atoms with Gasteiger partial charge in [0.25, 0.3) is 0 Å². The molecule has 3 aromatic rings. The summed E-state index contributed by atoms with van der Waals surface area (Å²) in [6.07, 6.45) is 2.30. The standard InChI is InChI=1S/C16H20N4S.C14H18O3/c1-19-8-10-20(11-9-19)14-6-4-13(5-7-14)18-16(17)15-3-2-12-21-15;1-8-9(2)13-11(10(3)12(8)16)5-6-14(4,7-15)17-13/h2-7,12H,8-11H2,1H3,(H2,17,18);7,16H,5-6H2,1-4H3/t;14-/m.0/s1. The number of aliphatic imine (C=N–C) groups is 1. The van der Waals surface area contributed by atoms with E-state index in [1.807, 2.05) is 50.4 Å². The zero-order chi connectivity index (χ0) is 27.4. The SMILES string of the molecule is CN1CCN(c2ccc(N=C(N)c3cccs3)cc2)CC1.Cc1c(C)c2c(c(C)c1O)CC[C@@](C)(C=O)O2. The molecule has 0 unspecified atom stereocenters. The van der Waals surface area contributed by atoms with Crippen molar-refractivity contribution in [3.05, 3.63) is 68.9 Å². The van der Waals surface area contributed by atoms with Crippen LogP contribution in [-0.2, 0) is 11.2 Å². The van der Waals surface area contributed by atoms with E-state index in [1.165, 1.54) is 5.69 Å². The molecule has 202 valence electrons. The fourth-order valence-corrected chi connectivity index (χ4v) is 5.40. The molecule has 1 aromatic heterocycles. The first-order chi connectivity index (χ1) is 18.1. The highest BCUT2D eigenvalue weighted by Gasteiger charge is 2.34. The normalized spacial score (nSPS) is 19.7. The Morgan fingerprint density at radius 3 is 2.37 bits per heavy atom. The summed E-state index contributed by atoms with van der Waals surface area (Å²) in [6, 6.07) is 12.3. The van der Waals surface area contributed by atoms with Gasteiger partial charge >= 0.3 is 0 Å². The molecule has 0 spiro atoms. The molecule has 2 aliphatic rings. The molecule has 0 aliphatic carbocycles. The molecule has 0 amide bonds. The zero-order valence-corrected chi connectivity index (χ0v) is 23.8. The number of benzene rings is 2. The molecular weight excluding hydrogens is 496 g/mol. The third-order valence-corrected chi connectivity index (χ3v) is 8.43. The van der Waals surface area contributed by atoms with Crippen molar-refractivity contribution in [2.45, 2.75) is 46.1 Å². The molecule has 1 atom stereocenters. The highest BCUT2D eigenvalue weighted by atomic mass is 32.1. The Morgan fingerprint density at radius 2 is 1.76 bits per heavy atom. The topological polar surface area (TPSA) is 91.4 Å². The minimum absolute atomic E-state index is 0.347. The van der Waals surface area contributed by atoms with Gasteiger partial charge in [-0.3, -0.25) is 4.79 Å². The minimum atomic E-state index is -0.729. The second-order valence-electron chi connectivity index (χ2n) is 10.3. The van der Waals surface area contributed by atoms with Gasteiger partial charge in [0.1, 0.15) is 17.3 Å². The lowest BCUT2D eigenvalue weighted by atomic mass is 9.88. The number of phenolic OH excluding ortho intramolecular Hbond substituents is 1. The van der Waals surface area contributed by atoms with Gasteiger partial charge in [0.05, 0.1) is 10.6 Å². The van der Waals surface area contributed by atoms with E-state index in [-0.39, 0.29) is 0 Å². The maximum atomic E-state index is 11.1. The number of piperazine rings is 1. The molecule has 2 aromatic carbocycles. The smallest absolute Gasteiger partial charge is 0.163 e. The number of anilines is 1. The van der Waals surface area contributed by atoms with Crippen molar-refractivity contribution in [3.63, 3.8) is 0 Å². The average Bonchev–Trinajstić information content (AvgIpc) is 3.47. The van der Waals surface area contributed by atoms with Gasteiger partial charge < -0.3 is 25.4 Å². The van der Waals surface area contributed by atoms with Gasteiger partial charge in [0.15, 0.2) is 11.9 Å². The first kappa shape index (κ1) is 27.7. The third-order valence-electron chi connectivity index (χ3n) is 7.54. The number of phenols is 1. The largest absolute Gasteiger partial charge is 0.507 e. The van der Waals surface area contributed by atoms with Crippen LogP contribution in [0.2, 0.25) is 0 Å². The number of nitrogens with two attached hydrogens (primary N) is 1. The number of carbonyl (C=O) groups excluding carboxylic acids is 1. The Bertz CT molecular complexity index is 1300. The summed E-state index contributed by atoms with van der Waals surface area (Å²) in [7, 11) is 2.17. The van der Waals surface area contributed by atoms with Gasteiger partial charge in [-0.25, -0.2) is 4.99 Å². The predicted octanol–water partition coefficient (Wildman–Crippen LogP) is 5.14. The van der Waals surface area contributed by atoms with E-state index in [4.69, 9.17) is 10.5 Å². The summed E-state index contributed by atoms with van der Waals surface area (Å²) in [5.41, 5.74) is 11.1. The Balaban J connectivity index is 0.000000181. The van der Waals surface area contributed by atoms with E-state index in [1.54, 1.807) is 18.3 Å². The van der Waals surface area contributed by atoms with Crippen LogP contribution in [0.25, 0.3) is 0 Å². The van der Waals surface area contributed by atoms with Crippen LogP contribution in [-0.4, -0.2) is 61.0 Å². The summed E-state index contributed by atoms with van der Waals surface area (Å²) >= 11 is 1.61. The Kier molecular flexibility index (Phi) is 8.43. The van der Waals surface area contributed by atoms with Gasteiger partial charge in [-0.15, -0.1) is 11.3 Å². The third kappa shape index (κ3) is 6.03. The molecule has 3 heterocycles. The summed E-state index contributed by atoms with van der Waals surface area (Å²) in [6.45, 7) is 11.9. The van der Waals surface area contributed by atoms with Crippen LogP contribution < -0.4 is 15.4 Å². The van der Waals surface area contributed by atoms with Gasteiger partial charge in [-0.1, -0.05) is 6.07 Å². The second kappa shape index (κ2) is 11.6. The maximum absolute atomic E-state index is 11.1. The highest BCUT2D eigenvalue weighted by molar-refractivity contribution is 7.12. The summed E-state index contributed by atoms with van der Waals surface area (Å²) < 4.78 is 5.84. The molecule has 7 nitrogen and oxygen atoms in total. The lowest BCUT2D eigenvalue weighted by Crippen LogP contribution is -2.44. The lowest BCUT2D eigenvalue weighted by molar-refractivity contribution is -0.121. The zero-order valence-electron chi connectivity index (χ0n) is 23.0.